The highest BCUT2D eigenvalue weighted by molar-refractivity contribution is 5.69. The van der Waals surface area contributed by atoms with Crippen LogP contribution >= 0.6 is 0 Å². The molecule has 0 saturated heterocycles. The Morgan fingerprint density at radius 1 is 0.676 bits per heavy atom. The van der Waals surface area contributed by atoms with Crippen molar-refractivity contribution in [1.82, 2.24) is 15.0 Å². The third kappa shape index (κ3) is 7.76. The number of unbranched alkanes of at least 4 members (excludes halogenated alkanes) is 8. The monoisotopic (exact) mass is 454 g/mol. The van der Waals surface area contributed by atoms with E-state index in [1.807, 2.05) is 36.7 Å². The maximum Gasteiger partial charge on any atom is 0.160 e. The van der Waals surface area contributed by atoms with Gasteiger partial charge in [-0.1, -0.05) is 77.3 Å². The largest absolute Gasteiger partial charge is 0.255 e. The highest BCUT2D eigenvalue weighted by Crippen LogP contribution is 2.25. The van der Waals surface area contributed by atoms with Gasteiger partial charge in [-0.15, -0.1) is 0 Å². The lowest BCUT2D eigenvalue weighted by atomic mass is 9.98. The van der Waals surface area contributed by atoms with Gasteiger partial charge in [0, 0.05) is 29.7 Å². The second kappa shape index (κ2) is 14.3. The van der Waals surface area contributed by atoms with E-state index in [4.69, 9.17) is 0 Å². The van der Waals surface area contributed by atoms with E-state index >= 15 is 0 Å². The lowest BCUT2D eigenvalue weighted by Crippen LogP contribution is -1.95. The summed E-state index contributed by atoms with van der Waals surface area (Å²) in [6, 6.07) is 12.5. The third-order valence-electron chi connectivity index (χ3n) is 6.35. The van der Waals surface area contributed by atoms with Gasteiger partial charge in [0.15, 0.2) is 5.82 Å². The molecule has 4 heteroatoms. The van der Waals surface area contributed by atoms with E-state index in [-0.39, 0.29) is 0 Å². The van der Waals surface area contributed by atoms with Crippen LogP contribution in [0.4, 0.5) is 0 Å². The molecule has 0 radical (unpaired) electrons. The molecule has 3 aromatic rings. The summed E-state index contributed by atoms with van der Waals surface area (Å²) in [5, 5.41) is 9.69. The summed E-state index contributed by atoms with van der Waals surface area (Å²) < 4.78 is 0. The van der Waals surface area contributed by atoms with Gasteiger partial charge in [-0.25, -0.2) is 9.97 Å². The molecule has 34 heavy (non-hydrogen) atoms. The summed E-state index contributed by atoms with van der Waals surface area (Å²) in [4.78, 5) is 13.8. The van der Waals surface area contributed by atoms with Crippen LogP contribution < -0.4 is 0 Å². The number of nitriles is 1. The van der Waals surface area contributed by atoms with Crippen molar-refractivity contribution in [1.29, 1.82) is 5.26 Å². The molecule has 0 bridgehead atoms. The summed E-state index contributed by atoms with van der Waals surface area (Å²) >= 11 is 0. The van der Waals surface area contributed by atoms with E-state index in [1.165, 1.54) is 75.3 Å². The van der Waals surface area contributed by atoms with Gasteiger partial charge in [-0.3, -0.25) is 4.98 Å². The van der Waals surface area contributed by atoms with Crippen LogP contribution in [0.5, 0.6) is 0 Å². The topological polar surface area (TPSA) is 62.5 Å². The van der Waals surface area contributed by atoms with Gasteiger partial charge in [0.25, 0.3) is 0 Å². The maximum absolute atomic E-state index is 9.69. The van der Waals surface area contributed by atoms with Gasteiger partial charge in [-0.2, -0.15) is 5.26 Å². The quantitative estimate of drug-likeness (QED) is 0.231. The Hall–Kier alpha value is -3.06. The highest BCUT2D eigenvalue weighted by atomic mass is 14.9. The number of pyridine rings is 1. The molecule has 0 aliphatic rings. The summed E-state index contributed by atoms with van der Waals surface area (Å²) in [5.74, 6) is 0.689. The fourth-order valence-corrected chi connectivity index (χ4v) is 4.25. The van der Waals surface area contributed by atoms with Crippen molar-refractivity contribution < 1.29 is 0 Å². The predicted octanol–water partition coefficient (Wildman–Crippen LogP) is 8.10. The molecule has 1 aromatic carbocycles. The molecule has 0 aliphatic heterocycles. The average Bonchev–Trinajstić information content (AvgIpc) is 2.89. The van der Waals surface area contributed by atoms with Crippen LogP contribution in [-0.4, -0.2) is 15.0 Å². The Labute approximate surface area is 205 Å². The van der Waals surface area contributed by atoms with Crippen LogP contribution in [0.1, 0.15) is 94.7 Å². The first-order chi connectivity index (χ1) is 16.7. The summed E-state index contributed by atoms with van der Waals surface area (Å²) in [5.41, 5.74) is 5.67. The Morgan fingerprint density at radius 3 is 1.97 bits per heavy atom. The molecular formula is C30H38N4. The first kappa shape index (κ1) is 25.6. The molecule has 2 aromatic heterocycles. The van der Waals surface area contributed by atoms with Gasteiger partial charge >= 0.3 is 0 Å². The number of aryl methyl sites for hydroxylation is 2. The van der Waals surface area contributed by atoms with E-state index in [0.717, 1.165) is 29.7 Å². The molecule has 0 spiro atoms. The summed E-state index contributed by atoms with van der Waals surface area (Å²) in [6.45, 7) is 4.47. The Morgan fingerprint density at radius 2 is 1.32 bits per heavy atom. The second-order valence-corrected chi connectivity index (χ2v) is 9.17. The molecule has 0 atom stereocenters. The van der Waals surface area contributed by atoms with Crippen LogP contribution in [0.25, 0.3) is 22.6 Å². The number of hydrogen-bond donors (Lipinski definition) is 0. The Kier molecular flexibility index (Phi) is 10.7. The van der Waals surface area contributed by atoms with Crippen LogP contribution in [0.3, 0.4) is 0 Å². The van der Waals surface area contributed by atoms with Gasteiger partial charge in [-0.05, 0) is 55.0 Å². The molecule has 0 aliphatic carbocycles. The minimum atomic E-state index is 0.684. The fourth-order valence-electron chi connectivity index (χ4n) is 4.25. The van der Waals surface area contributed by atoms with Crippen molar-refractivity contribution in [2.45, 2.75) is 90.9 Å². The van der Waals surface area contributed by atoms with Crippen molar-refractivity contribution in [3.8, 4) is 28.7 Å². The van der Waals surface area contributed by atoms with Crippen molar-refractivity contribution >= 4 is 0 Å². The Balaban J connectivity index is 1.59. The molecular weight excluding hydrogens is 416 g/mol. The smallest absolute Gasteiger partial charge is 0.160 e. The fraction of sp³-hybridized carbons (Fsp3) is 0.467. The van der Waals surface area contributed by atoms with Crippen LogP contribution in [0.2, 0.25) is 0 Å². The van der Waals surface area contributed by atoms with Crippen molar-refractivity contribution in [3.63, 3.8) is 0 Å². The molecule has 0 fully saturated rings. The number of benzene rings is 1. The first-order valence-electron chi connectivity index (χ1n) is 13.1. The zero-order valence-corrected chi connectivity index (χ0v) is 20.9. The van der Waals surface area contributed by atoms with E-state index in [1.54, 1.807) is 6.20 Å². The number of hydrogen-bond acceptors (Lipinski definition) is 4. The lowest BCUT2D eigenvalue weighted by Gasteiger charge is -2.08. The van der Waals surface area contributed by atoms with E-state index in [0.29, 0.717) is 11.4 Å². The molecule has 0 N–H and O–H groups in total. The minimum absolute atomic E-state index is 0.684. The number of nitrogens with zero attached hydrogens (tertiary/aromatic N) is 4. The molecule has 0 unspecified atom stereocenters. The van der Waals surface area contributed by atoms with Crippen molar-refractivity contribution in [3.05, 3.63) is 65.6 Å². The Bertz CT molecular complexity index is 1030. The van der Waals surface area contributed by atoms with Gasteiger partial charge in [0.2, 0.25) is 0 Å². The summed E-state index contributed by atoms with van der Waals surface area (Å²) in [6.07, 6.45) is 20.4. The van der Waals surface area contributed by atoms with Gasteiger partial charge in [0.05, 0.1) is 17.3 Å². The standard InChI is InChI=1S/C30H38N4/c1-3-5-7-9-10-12-14-25-21-33-30(34-22-25)26-16-18-29(32-23-26)28-17-15-24(19-27(28)20-31)13-11-8-6-4-2/h15-19,21-23H,3-14H2,1-2H3. The summed E-state index contributed by atoms with van der Waals surface area (Å²) in [7, 11) is 0. The van der Waals surface area contributed by atoms with Crippen LogP contribution in [0, 0.1) is 11.3 Å². The minimum Gasteiger partial charge on any atom is -0.255 e. The van der Waals surface area contributed by atoms with E-state index < -0.39 is 0 Å². The van der Waals surface area contributed by atoms with Crippen molar-refractivity contribution in [2.24, 2.45) is 0 Å². The molecule has 0 amide bonds. The normalized spacial score (nSPS) is 10.9. The third-order valence-corrected chi connectivity index (χ3v) is 6.35. The predicted molar refractivity (Wildman–Crippen MR) is 140 cm³/mol. The zero-order chi connectivity index (χ0) is 24.0. The molecule has 2 heterocycles. The van der Waals surface area contributed by atoms with Crippen molar-refractivity contribution in [2.75, 3.05) is 0 Å². The highest BCUT2D eigenvalue weighted by Gasteiger charge is 2.09. The van der Waals surface area contributed by atoms with E-state index in [9.17, 15) is 5.26 Å². The van der Waals surface area contributed by atoms with Gasteiger partial charge < -0.3 is 0 Å². The van der Waals surface area contributed by atoms with Crippen LogP contribution in [0.15, 0.2) is 48.9 Å². The molecule has 0 saturated carbocycles. The maximum atomic E-state index is 9.69. The first-order valence-corrected chi connectivity index (χ1v) is 13.1. The SMILES string of the molecule is CCCCCCCCc1cnc(-c2ccc(-c3ccc(CCCCCC)cc3C#N)nc2)nc1. The average molecular weight is 455 g/mol. The number of rotatable bonds is 14. The second-order valence-electron chi connectivity index (χ2n) is 9.17. The molecule has 178 valence electrons. The van der Waals surface area contributed by atoms with Crippen LogP contribution in [-0.2, 0) is 12.8 Å². The zero-order valence-electron chi connectivity index (χ0n) is 20.9. The number of aromatic nitrogens is 3. The van der Waals surface area contributed by atoms with E-state index in [2.05, 4.69) is 40.9 Å². The lowest BCUT2D eigenvalue weighted by molar-refractivity contribution is 0.607. The van der Waals surface area contributed by atoms with Gasteiger partial charge in [0.1, 0.15) is 0 Å². The molecule has 3 rings (SSSR count). The molecule has 4 nitrogen and oxygen atoms in total.